The molecule has 0 saturated carbocycles. The summed E-state index contributed by atoms with van der Waals surface area (Å²) in [6.45, 7) is 0.506. The highest BCUT2D eigenvalue weighted by Crippen LogP contribution is 2.34. The Labute approximate surface area is 176 Å². The molecule has 5 aromatic rings. The summed E-state index contributed by atoms with van der Waals surface area (Å²) in [5, 5.41) is 8.99. The van der Waals surface area contributed by atoms with Gasteiger partial charge in [-0.1, -0.05) is 6.07 Å². The van der Waals surface area contributed by atoms with Gasteiger partial charge in [0.1, 0.15) is 11.7 Å². The number of rotatable bonds is 3. The number of hydrogen-bond acceptors (Lipinski definition) is 6. The van der Waals surface area contributed by atoms with Gasteiger partial charge in [-0.3, -0.25) is 9.48 Å². The first kappa shape index (κ1) is 17.6. The third kappa shape index (κ3) is 2.83. The van der Waals surface area contributed by atoms with E-state index in [4.69, 9.17) is 9.52 Å². The molecule has 0 radical (unpaired) electrons. The number of aromatic nitrogens is 7. The van der Waals surface area contributed by atoms with Crippen LogP contribution >= 0.6 is 0 Å². The minimum absolute atomic E-state index is 0.161. The molecule has 10 nitrogen and oxygen atoms in total. The maximum atomic E-state index is 13.5. The molecule has 0 saturated heterocycles. The molecule has 1 amide bonds. The lowest BCUT2D eigenvalue weighted by Gasteiger charge is -2.33. The first-order chi connectivity index (χ1) is 15.2. The Bertz CT molecular complexity index is 1370. The summed E-state index contributed by atoms with van der Waals surface area (Å²) in [7, 11) is 1.81. The molecule has 31 heavy (non-hydrogen) atoms. The molecule has 6 rings (SSSR count). The third-order valence-electron chi connectivity index (χ3n) is 5.50. The number of fused-ring (bicyclic) bond motifs is 2. The fourth-order valence-electron chi connectivity index (χ4n) is 4.05. The molecule has 0 aliphatic carbocycles. The molecule has 0 bridgehead atoms. The maximum absolute atomic E-state index is 13.5. The number of H-pyrrole nitrogens is 1. The van der Waals surface area contributed by atoms with Crippen molar-refractivity contribution in [3.05, 3.63) is 78.1 Å². The van der Waals surface area contributed by atoms with Crippen molar-refractivity contribution in [3.8, 4) is 11.6 Å². The average Bonchev–Trinajstić information content (AvgIpc) is 3.57. The predicted molar refractivity (Wildman–Crippen MR) is 109 cm³/mol. The van der Waals surface area contributed by atoms with Crippen molar-refractivity contribution >= 4 is 11.4 Å². The van der Waals surface area contributed by atoms with Gasteiger partial charge in [0.2, 0.25) is 11.7 Å². The van der Waals surface area contributed by atoms with E-state index in [0.29, 0.717) is 24.6 Å². The van der Waals surface area contributed by atoms with Gasteiger partial charge in [-0.05, 0) is 24.3 Å². The number of oxazole rings is 1. The van der Waals surface area contributed by atoms with Gasteiger partial charge in [0.25, 0.3) is 5.91 Å². The lowest BCUT2D eigenvalue weighted by atomic mass is 9.99. The van der Waals surface area contributed by atoms with Gasteiger partial charge >= 0.3 is 0 Å². The number of hydrogen-bond donors (Lipinski definition) is 1. The van der Waals surface area contributed by atoms with Crippen LogP contribution in [0.4, 0.5) is 0 Å². The van der Waals surface area contributed by atoms with Gasteiger partial charge in [-0.2, -0.15) is 10.2 Å². The molecule has 0 fully saturated rings. The molecule has 5 aromatic heterocycles. The third-order valence-corrected chi connectivity index (χ3v) is 5.50. The van der Waals surface area contributed by atoms with E-state index < -0.39 is 6.04 Å². The SMILES string of the molecule is Cn1ccc(-c2ncc(C(=O)N3CCc4[nH]cnc4C3c3cc4ccccn4n3)o2)n1. The molecular formula is C21H18N8O2. The molecule has 10 heteroatoms. The quantitative estimate of drug-likeness (QED) is 0.485. The zero-order valence-electron chi connectivity index (χ0n) is 16.6. The van der Waals surface area contributed by atoms with Crippen molar-refractivity contribution in [2.24, 2.45) is 7.05 Å². The standard InChI is InChI=1S/C21H18N8O2/c1-27-8-5-15(25-27)20-22-11-17(31-20)21(30)28-9-6-14-18(24-12-23-14)19(28)16-10-13-4-2-3-7-29(13)26-16/h2-5,7-8,10-12,19H,6,9H2,1H3,(H,23,24). The van der Waals surface area contributed by atoms with E-state index in [9.17, 15) is 4.79 Å². The molecule has 0 aromatic carbocycles. The number of aryl methyl sites for hydroxylation is 1. The number of amides is 1. The van der Waals surface area contributed by atoms with Crippen molar-refractivity contribution in [2.75, 3.05) is 6.54 Å². The van der Waals surface area contributed by atoms with E-state index in [1.807, 2.05) is 37.5 Å². The Morgan fingerprint density at radius 3 is 2.97 bits per heavy atom. The molecular weight excluding hydrogens is 396 g/mol. The highest BCUT2D eigenvalue weighted by Gasteiger charge is 2.37. The largest absolute Gasteiger partial charge is 0.429 e. The van der Waals surface area contributed by atoms with Crippen LogP contribution in [0.25, 0.3) is 17.1 Å². The van der Waals surface area contributed by atoms with Crippen LogP contribution in [0.15, 0.2) is 59.7 Å². The zero-order valence-corrected chi connectivity index (χ0v) is 16.6. The van der Waals surface area contributed by atoms with Crippen LogP contribution in [0.1, 0.15) is 33.7 Å². The fourth-order valence-corrected chi connectivity index (χ4v) is 4.05. The van der Waals surface area contributed by atoms with E-state index in [-0.39, 0.29) is 11.7 Å². The Balaban J connectivity index is 1.40. The van der Waals surface area contributed by atoms with Crippen LogP contribution in [0.3, 0.4) is 0 Å². The highest BCUT2D eigenvalue weighted by molar-refractivity contribution is 5.92. The van der Waals surface area contributed by atoms with Crippen molar-refractivity contribution in [2.45, 2.75) is 12.5 Å². The summed E-state index contributed by atoms with van der Waals surface area (Å²) in [4.78, 5) is 27.2. The lowest BCUT2D eigenvalue weighted by Crippen LogP contribution is -2.40. The second kappa shape index (κ2) is 6.66. The average molecular weight is 414 g/mol. The van der Waals surface area contributed by atoms with Crippen molar-refractivity contribution in [1.29, 1.82) is 0 Å². The summed E-state index contributed by atoms with van der Waals surface area (Å²) in [6, 6.07) is 9.20. The van der Waals surface area contributed by atoms with Gasteiger partial charge in [0.05, 0.1) is 29.4 Å². The van der Waals surface area contributed by atoms with Crippen LogP contribution in [0.2, 0.25) is 0 Å². The number of pyridine rings is 1. The van der Waals surface area contributed by atoms with Crippen LogP contribution in [0.5, 0.6) is 0 Å². The number of nitrogens with one attached hydrogen (secondary N) is 1. The van der Waals surface area contributed by atoms with Crippen LogP contribution in [-0.4, -0.2) is 51.7 Å². The molecule has 1 atom stereocenters. The Hall–Kier alpha value is -4.21. The van der Waals surface area contributed by atoms with E-state index in [1.54, 1.807) is 32.7 Å². The topological polar surface area (TPSA) is 110 Å². The second-order valence-electron chi connectivity index (χ2n) is 7.46. The number of carbonyl (C=O) groups excluding carboxylic acids is 1. The van der Waals surface area contributed by atoms with Crippen molar-refractivity contribution in [3.63, 3.8) is 0 Å². The van der Waals surface area contributed by atoms with Crippen LogP contribution in [0, 0.1) is 0 Å². The normalized spacial score (nSPS) is 16.0. The summed E-state index contributed by atoms with van der Waals surface area (Å²) in [5.74, 6) is 0.212. The summed E-state index contributed by atoms with van der Waals surface area (Å²) in [6.07, 6.45) is 7.47. The molecule has 1 unspecified atom stereocenters. The fraction of sp³-hybridized carbons (Fsp3) is 0.190. The number of aromatic amines is 1. The summed E-state index contributed by atoms with van der Waals surface area (Å²) < 4.78 is 9.23. The predicted octanol–water partition coefficient (Wildman–Crippen LogP) is 2.23. The van der Waals surface area contributed by atoms with Crippen LogP contribution in [-0.2, 0) is 13.5 Å². The maximum Gasteiger partial charge on any atom is 0.292 e. The van der Waals surface area contributed by atoms with E-state index in [0.717, 1.165) is 22.6 Å². The Morgan fingerprint density at radius 1 is 1.19 bits per heavy atom. The van der Waals surface area contributed by atoms with E-state index in [1.165, 1.54) is 6.20 Å². The molecule has 6 heterocycles. The minimum Gasteiger partial charge on any atom is -0.429 e. The van der Waals surface area contributed by atoms with Gasteiger partial charge in [0.15, 0.2) is 0 Å². The monoisotopic (exact) mass is 414 g/mol. The Kier molecular flexibility index (Phi) is 3.79. The van der Waals surface area contributed by atoms with Gasteiger partial charge in [-0.15, -0.1) is 0 Å². The number of nitrogens with zero attached hydrogens (tertiary/aromatic N) is 7. The summed E-state index contributed by atoms with van der Waals surface area (Å²) >= 11 is 0. The van der Waals surface area contributed by atoms with E-state index >= 15 is 0 Å². The summed E-state index contributed by atoms with van der Waals surface area (Å²) in [5.41, 5.74) is 4.08. The van der Waals surface area contributed by atoms with Crippen molar-refractivity contribution < 1.29 is 9.21 Å². The zero-order chi connectivity index (χ0) is 20.9. The van der Waals surface area contributed by atoms with Gasteiger partial charge in [0, 0.05) is 38.1 Å². The molecule has 154 valence electrons. The Morgan fingerprint density at radius 2 is 2.13 bits per heavy atom. The number of carbonyl (C=O) groups is 1. The molecule has 0 spiro atoms. The highest BCUT2D eigenvalue weighted by atomic mass is 16.4. The smallest absolute Gasteiger partial charge is 0.292 e. The first-order valence-electron chi connectivity index (χ1n) is 9.90. The minimum atomic E-state index is -0.425. The van der Waals surface area contributed by atoms with E-state index in [2.05, 4.69) is 20.1 Å². The van der Waals surface area contributed by atoms with Gasteiger partial charge in [-0.25, -0.2) is 14.5 Å². The number of imidazole rings is 1. The lowest BCUT2D eigenvalue weighted by molar-refractivity contribution is 0.0655. The van der Waals surface area contributed by atoms with Gasteiger partial charge < -0.3 is 14.3 Å². The molecule has 1 N–H and O–H groups in total. The molecule has 1 aliphatic heterocycles. The molecule has 1 aliphatic rings. The second-order valence-corrected chi connectivity index (χ2v) is 7.46. The van der Waals surface area contributed by atoms with Crippen LogP contribution < -0.4 is 0 Å². The van der Waals surface area contributed by atoms with Crippen molar-refractivity contribution in [1.82, 2.24) is 39.2 Å². The first-order valence-corrected chi connectivity index (χ1v) is 9.90.